The molecule has 1 amide bonds. The molecule has 1 heterocycles. The van der Waals surface area contributed by atoms with E-state index in [-0.39, 0.29) is 11.9 Å². The van der Waals surface area contributed by atoms with Crippen LogP contribution in [0.2, 0.25) is 0 Å². The maximum absolute atomic E-state index is 11.4. The summed E-state index contributed by atoms with van der Waals surface area (Å²) in [5, 5.41) is 6.86. The molecule has 0 aliphatic rings. The van der Waals surface area contributed by atoms with E-state index in [2.05, 4.69) is 10.4 Å². The van der Waals surface area contributed by atoms with E-state index in [1.54, 1.807) is 17.8 Å². The van der Waals surface area contributed by atoms with Crippen LogP contribution >= 0.6 is 0 Å². The van der Waals surface area contributed by atoms with Crippen molar-refractivity contribution in [1.29, 1.82) is 0 Å². The van der Waals surface area contributed by atoms with E-state index in [0.29, 0.717) is 18.2 Å². The Morgan fingerprint density at radius 2 is 2.27 bits per heavy atom. The van der Waals surface area contributed by atoms with Crippen LogP contribution in [0, 0.1) is 0 Å². The monoisotopic (exact) mass is 210 g/mol. The van der Waals surface area contributed by atoms with Gasteiger partial charge in [0.15, 0.2) is 0 Å². The van der Waals surface area contributed by atoms with Gasteiger partial charge in [-0.05, 0) is 20.8 Å². The highest BCUT2D eigenvalue weighted by Gasteiger charge is 2.07. The molecule has 5 nitrogen and oxygen atoms in total. The molecule has 1 unspecified atom stereocenters. The molecule has 0 aromatic carbocycles. The van der Waals surface area contributed by atoms with Gasteiger partial charge in [0.05, 0.1) is 11.9 Å². The molecule has 0 spiro atoms. The fourth-order valence-electron chi connectivity index (χ4n) is 1.19. The molecule has 1 atom stereocenters. The van der Waals surface area contributed by atoms with E-state index in [1.165, 1.54) is 0 Å². The van der Waals surface area contributed by atoms with E-state index in [9.17, 15) is 4.79 Å². The molecule has 1 aromatic heterocycles. The normalized spacial score (nSPS) is 12.9. The molecule has 84 valence electrons. The van der Waals surface area contributed by atoms with Gasteiger partial charge in [-0.2, -0.15) is 5.10 Å². The lowest BCUT2D eigenvalue weighted by atomic mass is 10.2. The predicted octanol–water partition coefficient (Wildman–Crippen LogP) is 1.14. The molecule has 0 radical (unpaired) electrons. The molecule has 5 heteroatoms. The Morgan fingerprint density at radius 1 is 1.60 bits per heavy atom. The Labute approximate surface area is 89.6 Å². The Hall–Kier alpha value is -1.36. The summed E-state index contributed by atoms with van der Waals surface area (Å²) >= 11 is 0. The predicted molar refractivity (Wildman–Crippen MR) is 59.5 cm³/mol. The molecule has 0 aliphatic carbocycles. The number of rotatable bonds is 4. The fraction of sp³-hybridized carbons (Fsp3) is 0.600. The smallest absolute Gasteiger partial charge is 0.226 e. The summed E-state index contributed by atoms with van der Waals surface area (Å²) in [6, 6.07) is 0.175. The molecule has 1 rings (SSSR count). The zero-order valence-electron chi connectivity index (χ0n) is 9.40. The van der Waals surface area contributed by atoms with Crippen LogP contribution in [0.5, 0.6) is 0 Å². The van der Waals surface area contributed by atoms with Crippen molar-refractivity contribution >= 4 is 11.6 Å². The number of hydrogen-bond acceptors (Lipinski definition) is 3. The van der Waals surface area contributed by atoms with Crippen molar-refractivity contribution in [1.82, 2.24) is 9.78 Å². The van der Waals surface area contributed by atoms with Crippen LogP contribution in [0.25, 0.3) is 0 Å². The van der Waals surface area contributed by atoms with Crippen LogP contribution in [0.15, 0.2) is 12.4 Å². The summed E-state index contributed by atoms with van der Waals surface area (Å²) in [6.45, 7) is 5.86. The van der Waals surface area contributed by atoms with Crippen molar-refractivity contribution in [3.05, 3.63) is 12.4 Å². The first kappa shape index (κ1) is 11.7. The topological polar surface area (TPSA) is 72.9 Å². The quantitative estimate of drug-likeness (QED) is 0.782. The highest BCUT2D eigenvalue weighted by molar-refractivity contribution is 5.90. The van der Waals surface area contributed by atoms with Gasteiger partial charge in [0, 0.05) is 24.7 Å². The molecule has 1 aromatic rings. The average Bonchev–Trinajstić information content (AvgIpc) is 2.50. The van der Waals surface area contributed by atoms with Crippen LogP contribution < -0.4 is 11.1 Å². The van der Waals surface area contributed by atoms with E-state index in [4.69, 9.17) is 5.73 Å². The molecule has 0 saturated carbocycles. The van der Waals surface area contributed by atoms with Gasteiger partial charge in [-0.25, -0.2) is 0 Å². The summed E-state index contributed by atoms with van der Waals surface area (Å²) in [7, 11) is 0. The van der Waals surface area contributed by atoms with E-state index >= 15 is 0 Å². The summed E-state index contributed by atoms with van der Waals surface area (Å²) in [5.41, 5.74) is 6.24. The summed E-state index contributed by atoms with van der Waals surface area (Å²) in [4.78, 5) is 11.4. The van der Waals surface area contributed by atoms with Gasteiger partial charge in [-0.3, -0.25) is 9.48 Å². The summed E-state index contributed by atoms with van der Waals surface area (Å²) in [5.74, 6) is -0.0756. The third-order valence-electron chi connectivity index (χ3n) is 1.92. The molecule has 0 fully saturated rings. The zero-order valence-corrected chi connectivity index (χ0v) is 9.40. The summed E-state index contributed by atoms with van der Waals surface area (Å²) in [6.07, 6.45) is 3.77. The largest absolute Gasteiger partial charge is 0.327 e. The minimum atomic E-state index is -0.120. The van der Waals surface area contributed by atoms with Crippen molar-refractivity contribution in [3.8, 4) is 0 Å². The fourth-order valence-corrected chi connectivity index (χ4v) is 1.19. The second-order valence-electron chi connectivity index (χ2n) is 4.03. The molecule has 0 saturated heterocycles. The van der Waals surface area contributed by atoms with E-state index < -0.39 is 0 Å². The standard InChI is InChI=1S/C10H18N4O/c1-7(2)14-6-9(5-12-14)13-10(15)4-8(3)11/h5-8H,4,11H2,1-3H3,(H,13,15). The van der Waals surface area contributed by atoms with Crippen molar-refractivity contribution in [2.24, 2.45) is 5.73 Å². The van der Waals surface area contributed by atoms with E-state index in [0.717, 1.165) is 0 Å². The number of nitrogens with one attached hydrogen (secondary N) is 1. The Morgan fingerprint density at radius 3 is 2.73 bits per heavy atom. The molecule has 3 N–H and O–H groups in total. The summed E-state index contributed by atoms with van der Waals surface area (Å²) < 4.78 is 1.79. The number of hydrogen-bond donors (Lipinski definition) is 2. The first-order chi connectivity index (χ1) is 6.99. The third kappa shape index (κ3) is 3.71. The lowest BCUT2D eigenvalue weighted by Gasteiger charge is -2.05. The first-order valence-corrected chi connectivity index (χ1v) is 5.08. The number of aromatic nitrogens is 2. The maximum Gasteiger partial charge on any atom is 0.226 e. The van der Waals surface area contributed by atoms with E-state index in [1.807, 2.05) is 20.0 Å². The van der Waals surface area contributed by atoms with Gasteiger partial charge in [0.25, 0.3) is 0 Å². The van der Waals surface area contributed by atoms with Crippen LogP contribution in [-0.2, 0) is 4.79 Å². The van der Waals surface area contributed by atoms with Crippen molar-refractivity contribution in [3.63, 3.8) is 0 Å². The Kier molecular flexibility index (Phi) is 3.85. The number of anilines is 1. The van der Waals surface area contributed by atoms with Gasteiger partial charge in [-0.1, -0.05) is 0 Å². The molecule has 0 bridgehead atoms. The second kappa shape index (κ2) is 4.93. The van der Waals surface area contributed by atoms with Crippen LogP contribution in [-0.4, -0.2) is 21.7 Å². The SMILES string of the molecule is CC(N)CC(=O)Nc1cnn(C(C)C)c1. The number of carbonyl (C=O) groups is 1. The molecule has 15 heavy (non-hydrogen) atoms. The molecular weight excluding hydrogens is 192 g/mol. The lowest BCUT2D eigenvalue weighted by Crippen LogP contribution is -2.23. The van der Waals surface area contributed by atoms with Crippen LogP contribution in [0.4, 0.5) is 5.69 Å². The second-order valence-corrected chi connectivity index (χ2v) is 4.03. The van der Waals surface area contributed by atoms with Gasteiger partial charge in [0.2, 0.25) is 5.91 Å². The Bertz CT molecular complexity index is 330. The van der Waals surface area contributed by atoms with Crippen LogP contribution in [0.3, 0.4) is 0 Å². The van der Waals surface area contributed by atoms with Crippen molar-refractivity contribution in [2.75, 3.05) is 5.32 Å². The van der Waals surface area contributed by atoms with Gasteiger partial charge in [-0.15, -0.1) is 0 Å². The van der Waals surface area contributed by atoms with Gasteiger partial charge < -0.3 is 11.1 Å². The molecule has 0 aliphatic heterocycles. The minimum absolute atomic E-state index is 0.0756. The highest BCUT2D eigenvalue weighted by atomic mass is 16.1. The number of amides is 1. The Balaban J connectivity index is 2.53. The average molecular weight is 210 g/mol. The zero-order chi connectivity index (χ0) is 11.4. The van der Waals surface area contributed by atoms with Gasteiger partial charge in [0.1, 0.15) is 0 Å². The van der Waals surface area contributed by atoms with Crippen LogP contribution in [0.1, 0.15) is 33.2 Å². The van der Waals surface area contributed by atoms with Gasteiger partial charge >= 0.3 is 0 Å². The third-order valence-corrected chi connectivity index (χ3v) is 1.92. The van der Waals surface area contributed by atoms with Crippen molar-refractivity contribution < 1.29 is 4.79 Å². The minimum Gasteiger partial charge on any atom is -0.327 e. The van der Waals surface area contributed by atoms with Crippen molar-refractivity contribution in [2.45, 2.75) is 39.3 Å². The first-order valence-electron chi connectivity index (χ1n) is 5.08. The number of nitrogens with two attached hydrogens (primary N) is 1. The molecular formula is C10H18N4O. The maximum atomic E-state index is 11.4. The number of nitrogens with zero attached hydrogens (tertiary/aromatic N) is 2. The lowest BCUT2D eigenvalue weighted by molar-refractivity contribution is -0.116. The number of carbonyl (C=O) groups excluding carboxylic acids is 1. The highest BCUT2D eigenvalue weighted by Crippen LogP contribution is 2.10.